The molecule has 1 aromatic rings. The highest BCUT2D eigenvalue weighted by atomic mass is 19.1. The molecule has 18 heavy (non-hydrogen) atoms. The summed E-state index contributed by atoms with van der Waals surface area (Å²) >= 11 is 0. The highest BCUT2D eigenvalue weighted by Crippen LogP contribution is 2.16. The van der Waals surface area contributed by atoms with Crippen molar-refractivity contribution in [2.45, 2.75) is 39.7 Å². The second-order valence-corrected chi connectivity index (χ2v) is 4.50. The Balaban J connectivity index is 2.59. The zero-order chi connectivity index (χ0) is 13.7. The van der Waals surface area contributed by atoms with Crippen LogP contribution in [0.4, 0.5) is 4.39 Å². The number of carbonyl (C=O) groups excluding carboxylic acids is 2. The molecule has 0 saturated heterocycles. The standard InChI is InChI=1S/C14H18FNO2/c1-9-4-6-12(8-13(9)15)11(3)16-14(18)7-5-10(2)17/h4,6,8,11H,5,7H2,1-3H3,(H,16,18). The smallest absolute Gasteiger partial charge is 0.220 e. The number of carbonyl (C=O) groups is 2. The van der Waals surface area contributed by atoms with E-state index in [0.717, 1.165) is 0 Å². The second kappa shape index (κ2) is 6.28. The predicted octanol–water partition coefficient (Wildman–Crippen LogP) is 2.68. The topological polar surface area (TPSA) is 46.2 Å². The third-order valence-electron chi connectivity index (χ3n) is 2.78. The Morgan fingerprint density at radius 3 is 2.56 bits per heavy atom. The lowest BCUT2D eigenvalue weighted by atomic mass is 10.1. The molecule has 0 fully saturated rings. The molecule has 4 heteroatoms. The zero-order valence-electron chi connectivity index (χ0n) is 10.9. The Morgan fingerprint density at radius 1 is 1.33 bits per heavy atom. The molecule has 1 unspecified atom stereocenters. The molecule has 1 N–H and O–H groups in total. The van der Waals surface area contributed by atoms with Crippen LogP contribution in [0.3, 0.4) is 0 Å². The Labute approximate surface area is 106 Å². The quantitative estimate of drug-likeness (QED) is 0.874. The van der Waals surface area contributed by atoms with Gasteiger partial charge in [0.1, 0.15) is 11.6 Å². The van der Waals surface area contributed by atoms with E-state index in [9.17, 15) is 14.0 Å². The van der Waals surface area contributed by atoms with Gasteiger partial charge < -0.3 is 10.1 Å². The van der Waals surface area contributed by atoms with Gasteiger partial charge in [0.25, 0.3) is 0 Å². The van der Waals surface area contributed by atoms with Crippen molar-refractivity contribution in [3.63, 3.8) is 0 Å². The van der Waals surface area contributed by atoms with Gasteiger partial charge in [-0.2, -0.15) is 0 Å². The molecule has 3 nitrogen and oxygen atoms in total. The molecular weight excluding hydrogens is 233 g/mol. The van der Waals surface area contributed by atoms with Crippen LogP contribution in [0, 0.1) is 12.7 Å². The van der Waals surface area contributed by atoms with Gasteiger partial charge in [0.2, 0.25) is 5.91 Å². The molecule has 0 heterocycles. The number of Topliss-reactive ketones (excluding diaryl/α,β-unsaturated/α-hetero) is 1. The number of amides is 1. The first-order chi connectivity index (χ1) is 8.40. The summed E-state index contributed by atoms with van der Waals surface area (Å²) in [5.74, 6) is -0.491. The molecule has 1 aromatic carbocycles. The molecule has 0 aliphatic carbocycles. The number of hydrogen-bond donors (Lipinski definition) is 1. The van der Waals surface area contributed by atoms with Crippen LogP contribution >= 0.6 is 0 Å². The van der Waals surface area contributed by atoms with Crippen molar-refractivity contribution in [2.75, 3.05) is 0 Å². The lowest BCUT2D eigenvalue weighted by molar-refractivity contribution is -0.125. The molecule has 0 bridgehead atoms. The van der Waals surface area contributed by atoms with Crippen molar-refractivity contribution in [1.29, 1.82) is 0 Å². The first-order valence-electron chi connectivity index (χ1n) is 5.95. The van der Waals surface area contributed by atoms with Crippen LogP contribution in [-0.4, -0.2) is 11.7 Å². The van der Waals surface area contributed by atoms with E-state index in [4.69, 9.17) is 0 Å². The van der Waals surface area contributed by atoms with Gasteiger partial charge in [-0.1, -0.05) is 12.1 Å². The minimum atomic E-state index is -0.280. The van der Waals surface area contributed by atoms with E-state index >= 15 is 0 Å². The largest absolute Gasteiger partial charge is 0.350 e. The summed E-state index contributed by atoms with van der Waals surface area (Å²) in [6, 6.07) is 4.63. The highest BCUT2D eigenvalue weighted by Gasteiger charge is 2.11. The van der Waals surface area contributed by atoms with Crippen molar-refractivity contribution in [2.24, 2.45) is 0 Å². The van der Waals surface area contributed by atoms with Crippen molar-refractivity contribution in [1.82, 2.24) is 5.32 Å². The summed E-state index contributed by atoms with van der Waals surface area (Å²) in [4.78, 5) is 22.3. The molecular formula is C14H18FNO2. The van der Waals surface area contributed by atoms with Gasteiger partial charge in [0.15, 0.2) is 0 Å². The van der Waals surface area contributed by atoms with Gasteiger partial charge >= 0.3 is 0 Å². The number of benzene rings is 1. The fourth-order valence-electron chi connectivity index (χ4n) is 1.56. The van der Waals surface area contributed by atoms with E-state index in [0.29, 0.717) is 11.1 Å². The summed E-state index contributed by atoms with van der Waals surface area (Å²) in [7, 11) is 0. The maximum atomic E-state index is 13.4. The van der Waals surface area contributed by atoms with E-state index in [-0.39, 0.29) is 36.4 Å². The summed E-state index contributed by atoms with van der Waals surface area (Å²) in [5, 5.41) is 2.74. The summed E-state index contributed by atoms with van der Waals surface area (Å²) < 4.78 is 13.4. The number of nitrogens with one attached hydrogen (secondary N) is 1. The first kappa shape index (κ1) is 14.4. The van der Waals surface area contributed by atoms with Gasteiger partial charge in [-0.3, -0.25) is 4.79 Å². The lowest BCUT2D eigenvalue weighted by Crippen LogP contribution is -2.26. The van der Waals surface area contributed by atoms with Gasteiger partial charge in [-0.15, -0.1) is 0 Å². The third-order valence-corrected chi connectivity index (χ3v) is 2.78. The molecule has 0 radical (unpaired) electrons. The van der Waals surface area contributed by atoms with E-state index < -0.39 is 0 Å². The lowest BCUT2D eigenvalue weighted by Gasteiger charge is -2.14. The van der Waals surface area contributed by atoms with Crippen LogP contribution in [0.5, 0.6) is 0 Å². The van der Waals surface area contributed by atoms with Gasteiger partial charge in [-0.25, -0.2) is 4.39 Å². The number of rotatable bonds is 5. The molecule has 1 amide bonds. The summed E-state index contributed by atoms with van der Waals surface area (Å²) in [6.45, 7) is 4.93. The van der Waals surface area contributed by atoms with Crippen molar-refractivity contribution < 1.29 is 14.0 Å². The van der Waals surface area contributed by atoms with Crippen LogP contribution in [0.2, 0.25) is 0 Å². The average molecular weight is 251 g/mol. The van der Waals surface area contributed by atoms with Crippen molar-refractivity contribution in [3.05, 3.63) is 35.1 Å². The van der Waals surface area contributed by atoms with Crippen LogP contribution in [0.15, 0.2) is 18.2 Å². The van der Waals surface area contributed by atoms with E-state index in [1.807, 2.05) is 0 Å². The molecule has 1 rings (SSSR count). The molecule has 0 aromatic heterocycles. The first-order valence-corrected chi connectivity index (χ1v) is 5.95. The minimum absolute atomic E-state index is 0.0146. The Morgan fingerprint density at radius 2 is 2.00 bits per heavy atom. The van der Waals surface area contributed by atoms with Crippen LogP contribution in [0.25, 0.3) is 0 Å². The zero-order valence-corrected chi connectivity index (χ0v) is 10.9. The highest BCUT2D eigenvalue weighted by molar-refractivity contribution is 5.83. The molecule has 1 atom stereocenters. The Bertz CT molecular complexity index is 457. The molecule has 0 aliphatic rings. The molecule has 0 saturated carbocycles. The minimum Gasteiger partial charge on any atom is -0.350 e. The Kier molecular flexibility index (Phi) is 5.01. The van der Waals surface area contributed by atoms with Crippen LogP contribution < -0.4 is 5.32 Å². The maximum Gasteiger partial charge on any atom is 0.220 e. The average Bonchev–Trinajstić information content (AvgIpc) is 2.30. The molecule has 98 valence electrons. The van der Waals surface area contributed by atoms with E-state index in [1.165, 1.54) is 13.0 Å². The van der Waals surface area contributed by atoms with E-state index in [1.54, 1.807) is 26.0 Å². The normalized spacial score (nSPS) is 12.0. The van der Waals surface area contributed by atoms with Crippen LogP contribution in [-0.2, 0) is 9.59 Å². The van der Waals surface area contributed by atoms with Gasteiger partial charge in [0, 0.05) is 12.8 Å². The van der Waals surface area contributed by atoms with Crippen molar-refractivity contribution in [3.8, 4) is 0 Å². The van der Waals surface area contributed by atoms with Gasteiger partial charge in [-0.05, 0) is 38.0 Å². The second-order valence-electron chi connectivity index (χ2n) is 4.50. The SMILES string of the molecule is CC(=O)CCC(=O)NC(C)c1ccc(C)c(F)c1. The Hall–Kier alpha value is -1.71. The fourth-order valence-corrected chi connectivity index (χ4v) is 1.56. The van der Waals surface area contributed by atoms with Crippen LogP contribution in [0.1, 0.15) is 43.9 Å². The third kappa shape index (κ3) is 4.28. The number of halogens is 1. The number of hydrogen-bond acceptors (Lipinski definition) is 2. The number of ketones is 1. The monoisotopic (exact) mass is 251 g/mol. The van der Waals surface area contributed by atoms with Crippen molar-refractivity contribution >= 4 is 11.7 Å². The summed E-state index contributed by atoms with van der Waals surface area (Å²) in [5.41, 5.74) is 1.29. The molecule has 0 spiro atoms. The predicted molar refractivity (Wildman–Crippen MR) is 67.6 cm³/mol. The van der Waals surface area contributed by atoms with Gasteiger partial charge in [0.05, 0.1) is 6.04 Å². The summed E-state index contributed by atoms with van der Waals surface area (Å²) in [6.07, 6.45) is 0.412. The molecule has 0 aliphatic heterocycles. The fraction of sp³-hybridized carbons (Fsp3) is 0.429. The maximum absolute atomic E-state index is 13.4. The van der Waals surface area contributed by atoms with E-state index in [2.05, 4.69) is 5.32 Å². The number of aryl methyl sites for hydroxylation is 1.